The van der Waals surface area contributed by atoms with Crippen LogP contribution in [-0.2, 0) is 10.5 Å². The summed E-state index contributed by atoms with van der Waals surface area (Å²) < 4.78 is 15.9. The van der Waals surface area contributed by atoms with E-state index in [-0.39, 0.29) is 17.0 Å². The summed E-state index contributed by atoms with van der Waals surface area (Å²) in [6.07, 6.45) is 3.32. The molecule has 8 nitrogen and oxygen atoms in total. The third kappa shape index (κ3) is 4.42. The van der Waals surface area contributed by atoms with Gasteiger partial charge in [0.15, 0.2) is 10.9 Å². The maximum Gasteiger partial charge on any atom is 0.340 e. The number of benzene rings is 2. The van der Waals surface area contributed by atoms with E-state index in [0.29, 0.717) is 27.8 Å². The van der Waals surface area contributed by atoms with Crippen molar-refractivity contribution in [3.05, 3.63) is 77.8 Å². The molecule has 0 aliphatic carbocycles. The summed E-state index contributed by atoms with van der Waals surface area (Å²) in [6.45, 7) is 0. The van der Waals surface area contributed by atoms with Crippen molar-refractivity contribution in [1.29, 1.82) is 0 Å². The Morgan fingerprint density at radius 1 is 1.06 bits per heavy atom. The lowest BCUT2D eigenvalue weighted by Gasteiger charge is -2.11. The van der Waals surface area contributed by atoms with Gasteiger partial charge >= 0.3 is 5.97 Å². The second-order valence-corrected chi connectivity index (χ2v) is 7.53. The highest BCUT2D eigenvalue weighted by atomic mass is 32.2. The van der Waals surface area contributed by atoms with Crippen molar-refractivity contribution in [2.75, 3.05) is 19.5 Å². The van der Waals surface area contributed by atoms with Crippen molar-refractivity contribution >= 4 is 40.3 Å². The van der Waals surface area contributed by atoms with E-state index < -0.39 is 11.9 Å². The summed E-state index contributed by atoms with van der Waals surface area (Å²) in [5.74, 6) is -0.0359. The van der Waals surface area contributed by atoms with Gasteiger partial charge in [-0.15, -0.1) is 0 Å². The second kappa shape index (κ2) is 9.52. The number of ether oxygens (including phenoxy) is 2. The number of fused-ring (bicyclic) bond motifs is 1. The van der Waals surface area contributed by atoms with Crippen molar-refractivity contribution in [3.8, 4) is 5.75 Å². The second-order valence-electron chi connectivity index (χ2n) is 6.58. The first-order chi connectivity index (χ1) is 15.6. The van der Waals surface area contributed by atoms with Crippen molar-refractivity contribution < 1.29 is 23.5 Å². The molecule has 32 heavy (non-hydrogen) atoms. The lowest BCUT2D eigenvalue weighted by molar-refractivity contribution is 0.0601. The summed E-state index contributed by atoms with van der Waals surface area (Å²) in [5, 5.41) is 4.18. The maximum absolute atomic E-state index is 13.2. The summed E-state index contributed by atoms with van der Waals surface area (Å²) in [5.41, 5.74) is 1.76. The van der Waals surface area contributed by atoms with Gasteiger partial charge in [-0.3, -0.25) is 4.79 Å². The zero-order valence-electron chi connectivity index (χ0n) is 17.3. The molecule has 162 valence electrons. The number of furan rings is 1. The average molecular weight is 449 g/mol. The molecule has 0 bridgehead atoms. The van der Waals surface area contributed by atoms with Gasteiger partial charge in [0, 0.05) is 29.1 Å². The van der Waals surface area contributed by atoms with E-state index in [2.05, 4.69) is 15.3 Å². The van der Waals surface area contributed by atoms with Crippen molar-refractivity contribution in [2.24, 2.45) is 0 Å². The number of aromatic nitrogens is 2. The Labute approximate surface area is 188 Å². The molecule has 9 heteroatoms. The Morgan fingerprint density at radius 2 is 1.84 bits per heavy atom. The number of methoxy groups -OCH3 is 2. The molecular formula is C23H19N3O5S. The van der Waals surface area contributed by atoms with Gasteiger partial charge in [0.05, 0.1) is 25.5 Å². The minimum Gasteiger partial charge on any atom is -0.497 e. The fourth-order valence-corrected chi connectivity index (χ4v) is 3.97. The zero-order chi connectivity index (χ0) is 22.5. The fraction of sp³-hybridized carbons (Fsp3) is 0.130. The van der Waals surface area contributed by atoms with Gasteiger partial charge in [-0.25, -0.2) is 14.8 Å². The molecule has 2 aromatic heterocycles. The summed E-state index contributed by atoms with van der Waals surface area (Å²) in [6, 6.07) is 13.9. The molecule has 0 saturated heterocycles. The van der Waals surface area contributed by atoms with Crippen LogP contribution >= 0.6 is 11.8 Å². The first kappa shape index (κ1) is 21.4. The molecule has 4 rings (SSSR count). The van der Waals surface area contributed by atoms with Crippen LogP contribution in [0.25, 0.3) is 11.0 Å². The minimum atomic E-state index is -0.596. The molecule has 0 fully saturated rings. The van der Waals surface area contributed by atoms with E-state index in [1.165, 1.54) is 32.0 Å². The molecule has 2 aromatic carbocycles. The van der Waals surface area contributed by atoms with E-state index in [1.807, 2.05) is 18.2 Å². The number of hydrogen-bond acceptors (Lipinski definition) is 8. The Hall–Kier alpha value is -3.85. The Balaban J connectivity index is 1.67. The molecule has 0 radical (unpaired) electrons. The highest BCUT2D eigenvalue weighted by Gasteiger charge is 2.23. The largest absolute Gasteiger partial charge is 0.497 e. The standard InChI is InChI=1S/C23H19N3O5S/c1-29-14-8-9-18(16(12-14)22(28)30-2)26-21(27)20-17(13-32-23-24-10-5-11-25-23)15-6-3-4-7-19(15)31-20/h3-12H,13H2,1-2H3,(H,26,27). The van der Waals surface area contributed by atoms with Crippen LogP contribution in [-0.4, -0.2) is 36.1 Å². The molecule has 0 unspecified atom stereocenters. The number of nitrogens with one attached hydrogen (secondary N) is 1. The van der Waals surface area contributed by atoms with E-state index >= 15 is 0 Å². The Morgan fingerprint density at radius 3 is 2.59 bits per heavy atom. The van der Waals surface area contributed by atoms with Crippen molar-refractivity contribution in [3.63, 3.8) is 0 Å². The fourth-order valence-electron chi connectivity index (χ4n) is 3.14. The van der Waals surface area contributed by atoms with Gasteiger partial charge in [0.25, 0.3) is 5.91 Å². The molecule has 1 N–H and O–H groups in total. The number of esters is 1. The van der Waals surface area contributed by atoms with Gasteiger partial charge in [0.1, 0.15) is 11.3 Å². The van der Waals surface area contributed by atoms with Crippen molar-refractivity contribution in [2.45, 2.75) is 10.9 Å². The normalized spacial score (nSPS) is 10.7. The smallest absolute Gasteiger partial charge is 0.340 e. The Bertz CT molecular complexity index is 1270. The lowest BCUT2D eigenvalue weighted by atomic mass is 10.1. The first-order valence-electron chi connectivity index (χ1n) is 9.58. The number of carbonyl (C=O) groups excluding carboxylic acids is 2. The van der Waals surface area contributed by atoms with Gasteiger partial charge < -0.3 is 19.2 Å². The van der Waals surface area contributed by atoms with Crippen LogP contribution in [0.4, 0.5) is 5.69 Å². The van der Waals surface area contributed by atoms with Gasteiger partial charge in [-0.1, -0.05) is 30.0 Å². The molecule has 0 atom stereocenters. The molecule has 1 amide bonds. The summed E-state index contributed by atoms with van der Waals surface area (Å²) in [7, 11) is 2.76. The number of anilines is 1. The SMILES string of the molecule is COC(=O)c1cc(OC)ccc1NC(=O)c1oc2ccccc2c1CSc1ncccn1. The summed E-state index contributed by atoms with van der Waals surface area (Å²) in [4.78, 5) is 33.9. The topological polar surface area (TPSA) is 104 Å². The zero-order valence-corrected chi connectivity index (χ0v) is 18.1. The van der Waals surface area contributed by atoms with Crippen LogP contribution < -0.4 is 10.1 Å². The van der Waals surface area contributed by atoms with Crippen LogP contribution in [0, 0.1) is 0 Å². The highest BCUT2D eigenvalue weighted by Crippen LogP contribution is 2.32. The van der Waals surface area contributed by atoms with Crippen LogP contribution in [0.15, 0.2) is 70.5 Å². The number of carbonyl (C=O) groups is 2. The van der Waals surface area contributed by atoms with Gasteiger partial charge in [-0.2, -0.15) is 0 Å². The monoisotopic (exact) mass is 449 g/mol. The number of para-hydroxylation sites is 1. The number of thioether (sulfide) groups is 1. The molecule has 4 aromatic rings. The van der Waals surface area contributed by atoms with Gasteiger partial charge in [0.2, 0.25) is 0 Å². The predicted molar refractivity (Wildman–Crippen MR) is 120 cm³/mol. The molecule has 0 aliphatic rings. The van der Waals surface area contributed by atoms with E-state index in [0.717, 1.165) is 5.39 Å². The van der Waals surface area contributed by atoms with Crippen LogP contribution in [0.3, 0.4) is 0 Å². The molecule has 0 spiro atoms. The minimum absolute atomic E-state index is 0.154. The highest BCUT2D eigenvalue weighted by molar-refractivity contribution is 7.98. The molecule has 0 aliphatic heterocycles. The van der Waals surface area contributed by atoms with E-state index in [1.54, 1.807) is 36.7 Å². The van der Waals surface area contributed by atoms with Crippen LogP contribution in [0.2, 0.25) is 0 Å². The van der Waals surface area contributed by atoms with Crippen LogP contribution in [0.5, 0.6) is 5.75 Å². The number of amides is 1. The molecule has 2 heterocycles. The number of rotatable bonds is 7. The maximum atomic E-state index is 13.2. The molecule has 0 saturated carbocycles. The number of nitrogens with zero attached hydrogens (tertiary/aromatic N) is 2. The number of hydrogen-bond donors (Lipinski definition) is 1. The lowest BCUT2D eigenvalue weighted by Crippen LogP contribution is -2.16. The van der Waals surface area contributed by atoms with Crippen molar-refractivity contribution in [1.82, 2.24) is 9.97 Å². The summed E-state index contributed by atoms with van der Waals surface area (Å²) >= 11 is 1.39. The quantitative estimate of drug-likeness (QED) is 0.249. The van der Waals surface area contributed by atoms with Gasteiger partial charge in [-0.05, 0) is 30.3 Å². The van der Waals surface area contributed by atoms with Crippen LogP contribution in [0.1, 0.15) is 26.5 Å². The average Bonchev–Trinajstić information content (AvgIpc) is 3.22. The van der Waals surface area contributed by atoms with E-state index in [4.69, 9.17) is 13.9 Å². The predicted octanol–water partition coefficient (Wildman–Crippen LogP) is 4.56. The third-order valence-corrected chi connectivity index (χ3v) is 5.57. The van der Waals surface area contributed by atoms with E-state index in [9.17, 15) is 9.59 Å². The molecular weight excluding hydrogens is 430 g/mol. The third-order valence-electron chi connectivity index (χ3n) is 4.67. The Kier molecular flexibility index (Phi) is 6.37. The first-order valence-corrected chi connectivity index (χ1v) is 10.6.